The minimum atomic E-state index is -3.95. The second-order valence-corrected chi connectivity index (χ2v) is 9.24. The molecule has 0 saturated heterocycles. The fraction of sp³-hybridized carbons (Fsp3) is 0.0952. The molecule has 0 saturated carbocycles. The van der Waals surface area contributed by atoms with E-state index in [-0.39, 0.29) is 21.0 Å². The van der Waals surface area contributed by atoms with Gasteiger partial charge in [-0.05, 0) is 42.3 Å². The van der Waals surface area contributed by atoms with Crippen molar-refractivity contribution < 1.29 is 8.42 Å². The molecule has 0 aliphatic rings. The predicted octanol–water partition coefficient (Wildman–Crippen LogP) is 4.79. The first-order valence-corrected chi connectivity index (χ1v) is 11.2. The second kappa shape index (κ2) is 7.83. The number of sulfonamides is 1. The third-order valence-corrected chi connectivity index (χ3v) is 7.12. The average molecular weight is 462 g/mol. The van der Waals surface area contributed by atoms with Crippen molar-refractivity contribution in [2.24, 2.45) is 0 Å². The van der Waals surface area contributed by atoms with Crippen molar-refractivity contribution in [1.29, 1.82) is 0 Å². The van der Waals surface area contributed by atoms with Crippen LogP contribution < -0.4 is 10.3 Å². The summed E-state index contributed by atoms with van der Waals surface area (Å²) in [5, 5.41) is 3.35. The number of benzene rings is 3. The van der Waals surface area contributed by atoms with Gasteiger partial charge in [0.15, 0.2) is 0 Å². The topological polar surface area (TPSA) is 84.0 Å². The van der Waals surface area contributed by atoms with Crippen molar-refractivity contribution >= 4 is 49.8 Å². The smallest absolute Gasteiger partial charge is 0.273 e. The van der Waals surface area contributed by atoms with Crippen LogP contribution in [-0.2, 0) is 16.6 Å². The Bertz CT molecular complexity index is 1410. The molecule has 0 fully saturated rings. The van der Waals surface area contributed by atoms with E-state index >= 15 is 0 Å². The van der Waals surface area contributed by atoms with E-state index in [9.17, 15) is 13.2 Å². The highest BCUT2D eigenvalue weighted by Gasteiger charge is 2.21. The summed E-state index contributed by atoms with van der Waals surface area (Å²) < 4.78 is 29.9. The summed E-state index contributed by atoms with van der Waals surface area (Å²) in [6.07, 6.45) is 0. The van der Waals surface area contributed by atoms with Crippen LogP contribution >= 0.6 is 23.2 Å². The third kappa shape index (κ3) is 3.71. The van der Waals surface area contributed by atoms with Crippen LogP contribution in [0.25, 0.3) is 10.9 Å². The largest absolute Gasteiger partial charge is 0.280 e. The predicted molar refractivity (Wildman–Crippen MR) is 120 cm³/mol. The quantitative estimate of drug-likeness (QED) is 0.447. The molecule has 6 nitrogen and oxygen atoms in total. The number of anilines is 1. The molecule has 0 spiro atoms. The van der Waals surface area contributed by atoms with E-state index in [2.05, 4.69) is 9.82 Å². The molecule has 154 valence electrons. The lowest BCUT2D eigenvalue weighted by atomic mass is 10.2. The van der Waals surface area contributed by atoms with Gasteiger partial charge < -0.3 is 0 Å². The van der Waals surface area contributed by atoms with Crippen LogP contribution in [0.4, 0.5) is 5.69 Å². The van der Waals surface area contributed by atoms with E-state index in [0.29, 0.717) is 22.6 Å². The first kappa shape index (κ1) is 20.5. The number of hydrogen-bond donors (Lipinski definition) is 2. The highest BCUT2D eigenvalue weighted by molar-refractivity contribution is 7.92. The fourth-order valence-corrected chi connectivity index (χ4v) is 5.21. The molecule has 0 unspecified atom stereocenters. The molecule has 0 amide bonds. The van der Waals surface area contributed by atoms with Gasteiger partial charge in [-0.1, -0.05) is 59.6 Å². The zero-order valence-corrected chi connectivity index (χ0v) is 18.1. The molecule has 0 aliphatic heterocycles. The zero-order valence-electron chi connectivity index (χ0n) is 15.8. The van der Waals surface area contributed by atoms with Gasteiger partial charge in [0.25, 0.3) is 15.6 Å². The van der Waals surface area contributed by atoms with Gasteiger partial charge in [0.05, 0.1) is 33.1 Å². The molecule has 0 aliphatic carbocycles. The summed E-state index contributed by atoms with van der Waals surface area (Å²) in [5.74, 6) is 0. The molecule has 9 heteroatoms. The van der Waals surface area contributed by atoms with Gasteiger partial charge in [-0.15, -0.1) is 0 Å². The Morgan fingerprint density at radius 3 is 2.47 bits per heavy atom. The Balaban J connectivity index is 1.75. The summed E-state index contributed by atoms with van der Waals surface area (Å²) >= 11 is 12.5. The normalized spacial score (nSPS) is 11.7. The van der Waals surface area contributed by atoms with Crippen molar-refractivity contribution in [2.45, 2.75) is 18.4 Å². The van der Waals surface area contributed by atoms with E-state index in [1.165, 1.54) is 12.1 Å². The molecule has 1 heterocycles. The van der Waals surface area contributed by atoms with E-state index in [0.717, 1.165) is 5.56 Å². The van der Waals surface area contributed by atoms with E-state index < -0.39 is 15.6 Å². The molecule has 0 radical (unpaired) electrons. The number of fused-ring (bicyclic) bond motifs is 1. The Hall–Kier alpha value is -2.74. The highest BCUT2D eigenvalue weighted by Crippen LogP contribution is 2.32. The van der Waals surface area contributed by atoms with Gasteiger partial charge in [-0.2, -0.15) is 0 Å². The minimum Gasteiger partial charge on any atom is -0.280 e. The SMILES string of the molecule is Cc1c(Cl)cccc1S(=O)(=O)Nc1ccc2c(c1Cl)c(=O)[nH]n2Cc1ccccc1. The molecule has 4 rings (SSSR count). The molecule has 30 heavy (non-hydrogen) atoms. The van der Waals surface area contributed by atoms with Crippen LogP contribution in [0.2, 0.25) is 10.0 Å². The lowest BCUT2D eigenvalue weighted by molar-refractivity contribution is 0.600. The third-order valence-electron chi connectivity index (χ3n) is 4.81. The summed E-state index contributed by atoms with van der Waals surface area (Å²) in [7, 11) is -3.95. The monoisotopic (exact) mass is 461 g/mol. The number of nitrogens with zero attached hydrogens (tertiary/aromatic N) is 1. The van der Waals surface area contributed by atoms with Crippen LogP contribution in [0.1, 0.15) is 11.1 Å². The summed E-state index contributed by atoms with van der Waals surface area (Å²) in [6, 6.07) is 17.5. The molecule has 0 bridgehead atoms. The summed E-state index contributed by atoms with van der Waals surface area (Å²) in [5.41, 5.74) is 1.73. The second-order valence-electron chi connectivity index (χ2n) is 6.80. The Morgan fingerprint density at radius 2 is 1.73 bits per heavy atom. The van der Waals surface area contributed by atoms with Crippen LogP contribution in [-0.4, -0.2) is 18.2 Å². The van der Waals surface area contributed by atoms with Crippen LogP contribution in [0.3, 0.4) is 0 Å². The van der Waals surface area contributed by atoms with Gasteiger partial charge in [0.2, 0.25) is 0 Å². The average Bonchev–Trinajstić information content (AvgIpc) is 3.02. The van der Waals surface area contributed by atoms with Gasteiger partial charge in [-0.3, -0.25) is 19.3 Å². The number of H-pyrrole nitrogens is 1. The van der Waals surface area contributed by atoms with Gasteiger partial charge in [0.1, 0.15) is 0 Å². The number of hydrogen-bond acceptors (Lipinski definition) is 3. The van der Waals surface area contributed by atoms with Crippen molar-refractivity contribution in [3.63, 3.8) is 0 Å². The van der Waals surface area contributed by atoms with Gasteiger partial charge in [0, 0.05) is 5.02 Å². The van der Waals surface area contributed by atoms with Crippen molar-refractivity contribution in [3.8, 4) is 0 Å². The number of nitrogens with one attached hydrogen (secondary N) is 2. The fourth-order valence-electron chi connectivity index (χ4n) is 3.29. The number of rotatable bonds is 5. The summed E-state index contributed by atoms with van der Waals surface area (Å²) in [6.45, 7) is 2.07. The number of halogens is 2. The van der Waals surface area contributed by atoms with Crippen molar-refractivity contribution in [3.05, 3.63) is 92.2 Å². The molecule has 4 aromatic rings. The maximum Gasteiger partial charge on any atom is 0.273 e. The van der Waals surface area contributed by atoms with Crippen molar-refractivity contribution in [1.82, 2.24) is 9.78 Å². The van der Waals surface area contributed by atoms with Crippen LogP contribution in [0.5, 0.6) is 0 Å². The lowest BCUT2D eigenvalue weighted by Gasteiger charge is -2.13. The molecular formula is C21H17Cl2N3O3S. The minimum absolute atomic E-state index is 0.0313. The zero-order chi connectivity index (χ0) is 21.5. The first-order valence-electron chi connectivity index (χ1n) is 9.01. The number of aromatic nitrogens is 2. The molecule has 3 aromatic carbocycles. The van der Waals surface area contributed by atoms with Crippen molar-refractivity contribution in [2.75, 3.05) is 4.72 Å². The van der Waals surface area contributed by atoms with Gasteiger partial charge in [-0.25, -0.2) is 8.42 Å². The van der Waals surface area contributed by atoms with Crippen LogP contribution in [0, 0.1) is 6.92 Å². The maximum atomic E-state index is 12.9. The molecule has 1 aromatic heterocycles. The van der Waals surface area contributed by atoms with Crippen LogP contribution in [0.15, 0.2) is 70.4 Å². The van der Waals surface area contributed by atoms with E-state index in [1.807, 2.05) is 30.3 Å². The molecule has 2 N–H and O–H groups in total. The Labute approximate surface area is 183 Å². The van der Waals surface area contributed by atoms with E-state index in [4.69, 9.17) is 23.2 Å². The van der Waals surface area contributed by atoms with E-state index in [1.54, 1.807) is 29.8 Å². The highest BCUT2D eigenvalue weighted by atomic mass is 35.5. The standard InChI is InChI=1S/C21H17Cl2N3O3S/c1-13-15(22)8-5-9-18(13)30(28,29)25-16-10-11-17-19(20(16)23)21(27)24-26(17)12-14-6-3-2-4-7-14/h2-11,25H,12H2,1H3,(H,24,27). The molecule has 0 atom stereocenters. The Kier molecular flexibility index (Phi) is 5.36. The first-order chi connectivity index (χ1) is 14.3. The number of aromatic amines is 1. The lowest BCUT2D eigenvalue weighted by Crippen LogP contribution is -2.15. The van der Waals surface area contributed by atoms with Gasteiger partial charge >= 0.3 is 0 Å². The maximum absolute atomic E-state index is 12.9. The summed E-state index contributed by atoms with van der Waals surface area (Å²) in [4.78, 5) is 12.6. The Morgan fingerprint density at radius 1 is 1.00 bits per heavy atom. The molecular weight excluding hydrogens is 445 g/mol.